The molecule has 1 amide bonds. The number of Topliss-reactive ketones (excluding diaryl/α,β-unsaturated/α-hetero) is 2. The average molecular weight is 689 g/mol. The van der Waals surface area contributed by atoms with E-state index >= 15 is 0 Å². The van der Waals surface area contributed by atoms with Gasteiger partial charge in [0.15, 0.2) is 11.6 Å². The monoisotopic (exact) mass is 686 g/mol. The van der Waals surface area contributed by atoms with Crippen LogP contribution in [0.1, 0.15) is 31.8 Å². The van der Waals surface area contributed by atoms with Crippen LogP contribution in [0.5, 0.6) is 0 Å². The molecule has 8 heteroatoms. The van der Waals surface area contributed by atoms with Crippen LogP contribution >= 0.6 is 43.5 Å². The minimum atomic E-state index is -1.36. The molecule has 4 atom stereocenters. The first-order valence-electron chi connectivity index (χ1n) is 13.1. The summed E-state index contributed by atoms with van der Waals surface area (Å²) in [5.41, 5.74) is 2.47. The molecule has 0 bridgehead atoms. The van der Waals surface area contributed by atoms with Gasteiger partial charge in [0, 0.05) is 36.5 Å². The largest absolute Gasteiger partial charge is 0.352 e. The van der Waals surface area contributed by atoms with E-state index in [1.807, 2.05) is 65.6 Å². The van der Waals surface area contributed by atoms with Gasteiger partial charge in [-0.05, 0) is 59.7 Å². The molecule has 7 rings (SSSR count). The average Bonchev–Trinajstić information content (AvgIpc) is 3.45. The predicted octanol–water partition coefficient (Wildman–Crippen LogP) is 7.72. The molecule has 5 nitrogen and oxygen atoms in total. The summed E-state index contributed by atoms with van der Waals surface area (Å²) in [5, 5.41) is 3.61. The molecule has 0 aliphatic carbocycles. The lowest BCUT2D eigenvalue weighted by atomic mass is 9.64. The van der Waals surface area contributed by atoms with Crippen LogP contribution in [0.2, 0.25) is 5.02 Å². The molecule has 0 radical (unpaired) electrons. The van der Waals surface area contributed by atoms with Crippen LogP contribution in [0.15, 0.2) is 106 Å². The standard InChI is InChI=1S/C33H21Br2ClN2O3/c34-21-10-5-18(6-11-21)30(39)28-29(31(40)19-7-12-22(35)13-8-19)38-26-15-14-23(36)17-20(26)9-16-27(38)33(28)24-3-1-2-4-25(24)37-32(33)41/h1-17,27-29H,(H,37,41)/t27-,28+,29-,33-/m1/s1. The Morgan fingerprint density at radius 1 is 0.829 bits per heavy atom. The number of nitrogens with zero attached hydrogens (tertiary/aromatic N) is 1. The highest BCUT2D eigenvalue weighted by atomic mass is 79.9. The maximum Gasteiger partial charge on any atom is 0.238 e. The number of ketones is 2. The number of fused-ring (bicyclic) bond motifs is 6. The number of anilines is 2. The second-order valence-electron chi connectivity index (χ2n) is 10.4. The number of para-hydroxylation sites is 1. The molecule has 4 aromatic carbocycles. The molecular formula is C33H21Br2ClN2O3. The van der Waals surface area contributed by atoms with Crippen molar-refractivity contribution in [2.24, 2.45) is 5.92 Å². The summed E-state index contributed by atoms with van der Waals surface area (Å²) in [7, 11) is 0. The Kier molecular flexibility index (Phi) is 6.30. The maximum absolute atomic E-state index is 14.8. The van der Waals surface area contributed by atoms with Crippen molar-refractivity contribution in [3.63, 3.8) is 0 Å². The molecule has 1 fully saturated rings. The van der Waals surface area contributed by atoms with Gasteiger partial charge in [0.25, 0.3) is 0 Å². The van der Waals surface area contributed by atoms with Gasteiger partial charge in [-0.3, -0.25) is 14.4 Å². The summed E-state index contributed by atoms with van der Waals surface area (Å²) in [6.45, 7) is 0. The Labute approximate surface area is 258 Å². The van der Waals surface area contributed by atoms with Gasteiger partial charge in [-0.15, -0.1) is 0 Å². The van der Waals surface area contributed by atoms with Gasteiger partial charge < -0.3 is 10.2 Å². The van der Waals surface area contributed by atoms with Gasteiger partial charge in [-0.2, -0.15) is 0 Å². The Bertz CT molecular complexity index is 1790. The fourth-order valence-corrected chi connectivity index (χ4v) is 7.44. The van der Waals surface area contributed by atoms with E-state index in [4.69, 9.17) is 11.6 Å². The SMILES string of the molecule is O=C(c1ccc(Br)cc1)[C@@H]1[C@H](C(=O)c2ccc(Br)cc2)N2c3ccc(Cl)cc3C=C[C@@H]2[C@@]12C(=O)Nc1ccccc12. The topological polar surface area (TPSA) is 66.5 Å². The lowest BCUT2D eigenvalue weighted by Crippen LogP contribution is -2.51. The number of hydrogen-bond donors (Lipinski definition) is 1. The summed E-state index contributed by atoms with van der Waals surface area (Å²) in [6, 6.07) is 25.6. The Morgan fingerprint density at radius 3 is 2.15 bits per heavy atom. The first kappa shape index (κ1) is 26.4. The molecular weight excluding hydrogens is 668 g/mol. The molecule has 3 heterocycles. The fourth-order valence-electron chi connectivity index (χ4n) is 6.73. The first-order chi connectivity index (χ1) is 19.8. The number of amides is 1. The lowest BCUT2D eigenvalue weighted by Gasteiger charge is -2.37. The highest BCUT2D eigenvalue weighted by Crippen LogP contribution is 2.58. The van der Waals surface area contributed by atoms with Crippen LogP contribution in [-0.2, 0) is 10.2 Å². The second kappa shape index (κ2) is 9.79. The van der Waals surface area contributed by atoms with Crippen LogP contribution in [0.25, 0.3) is 6.08 Å². The van der Waals surface area contributed by atoms with E-state index in [2.05, 4.69) is 37.2 Å². The van der Waals surface area contributed by atoms with Crippen molar-refractivity contribution < 1.29 is 14.4 Å². The number of carbonyl (C=O) groups excluding carboxylic acids is 3. The van der Waals surface area contributed by atoms with Crippen molar-refractivity contribution in [3.05, 3.63) is 133 Å². The number of hydrogen-bond acceptors (Lipinski definition) is 4. The molecule has 1 spiro atoms. The normalized spacial score (nSPS) is 23.6. The van der Waals surface area contributed by atoms with Crippen LogP contribution < -0.4 is 10.2 Å². The van der Waals surface area contributed by atoms with E-state index in [0.29, 0.717) is 27.4 Å². The zero-order valence-electron chi connectivity index (χ0n) is 21.4. The van der Waals surface area contributed by atoms with Crippen LogP contribution in [0.4, 0.5) is 11.4 Å². The van der Waals surface area contributed by atoms with Crippen molar-refractivity contribution >= 4 is 78.4 Å². The highest BCUT2D eigenvalue weighted by Gasteiger charge is 2.70. The van der Waals surface area contributed by atoms with Gasteiger partial charge in [0.1, 0.15) is 11.5 Å². The molecule has 4 aromatic rings. The van der Waals surface area contributed by atoms with Crippen molar-refractivity contribution in [2.45, 2.75) is 17.5 Å². The van der Waals surface area contributed by atoms with E-state index in [0.717, 1.165) is 20.2 Å². The van der Waals surface area contributed by atoms with Crippen LogP contribution in [-0.4, -0.2) is 29.6 Å². The molecule has 0 aromatic heterocycles. The molecule has 1 N–H and O–H groups in total. The van der Waals surface area contributed by atoms with Gasteiger partial charge in [-0.25, -0.2) is 0 Å². The number of carbonyl (C=O) groups is 3. The van der Waals surface area contributed by atoms with Crippen LogP contribution in [0.3, 0.4) is 0 Å². The van der Waals surface area contributed by atoms with Gasteiger partial charge >= 0.3 is 0 Å². The zero-order chi connectivity index (χ0) is 28.5. The van der Waals surface area contributed by atoms with Crippen molar-refractivity contribution in [2.75, 3.05) is 10.2 Å². The van der Waals surface area contributed by atoms with Gasteiger partial charge in [0.2, 0.25) is 5.91 Å². The van der Waals surface area contributed by atoms with E-state index < -0.39 is 23.4 Å². The summed E-state index contributed by atoms with van der Waals surface area (Å²) >= 11 is 13.3. The highest BCUT2D eigenvalue weighted by molar-refractivity contribution is 9.10. The van der Waals surface area contributed by atoms with E-state index in [1.165, 1.54) is 0 Å². The van der Waals surface area contributed by atoms with Gasteiger partial charge in [0.05, 0.1) is 12.0 Å². The minimum absolute atomic E-state index is 0.233. The lowest BCUT2D eigenvalue weighted by molar-refractivity contribution is -0.121. The predicted molar refractivity (Wildman–Crippen MR) is 168 cm³/mol. The summed E-state index contributed by atoms with van der Waals surface area (Å²) in [5.74, 6) is -1.82. The van der Waals surface area contributed by atoms with Crippen LogP contribution in [0, 0.1) is 5.92 Å². The third-order valence-corrected chi connectivity index (χ3v) is 9.70. The van der Waals surface area contributed by atoms with Crippen molar-refractivity contribution in [1.29, 1.82) is 0 Å². The molecule has 0 saturated carbocycles. The molecule has 1 saturated heterocycles. The Hall–Kier alpha value is -3.52. The zero-order valence-corrected chi connectivity index (χ0v) is 25.3. The summed E-state index contributed by atoms with van der Waals surface area (Å²) in [6.07, 6.45) is 3.88. The minimum Gasteiger partial charge on any atom is -0.352 e. The van der Waals surface area contributed by atoms with E-state index in [-0.39, 0.29) is 17.5 Å². The van der Waals surface area contributed by atoms with Gasteiger partial charge in [-0.1, -0.05) is 98.1 Å². The third-order valence-electron chi connectivity index (χ3n) is 8.40. The number of rotatable bonds is 4. The Balaban J connectivity index is 1.53. The Morgan fingerprint density at radius 2 is 1.46 bits per heavy atom. The molecule has 3 aliphatic rings. The first-order valence-corrected chi connectivity index (χ1v) is 15.0. The number of nitrogens with one attached hydrogen (secondary N) is 1. The maximum atomic E-state index is 14.8. The molecule has 41 heavy (non-hydrogen) atoms. The molecule has 0 unspecified atom stereocenters. The second-order valence-corrected chi connectivity index (χ2v) is 12.7. The summed E-state index contributed by atoms with van der Waals surface area (Å²) < 4.78 is 1.66. The molecule has 202 valence electrons. The van der Waals surface area contributed by atoms with E-state index in [1.54, 1.807) is 42.5 Å². The number of benzene rings is 4. The molecule has 3 aliphatic heterocycles. The van der Waals surface area contributed by atoms with Crippen molar-refractivity contribution in [1.82, 2.24) is 0 Å². The number of halogens is 3. The smallest absolute Gasteiger partial charge is 0.238 e. The van der Waals surface area contributed by atoms with Crippen molar-refractivity contribution in [3.8, 4) is 0 Å². The van der Waals surface area contributed by atoms with E-state index in [9.17, 15) is 14.4 Å². The fraction of sp³-hybridized carbons (Fsp3) is 0.121. The quantitative estimate of drug-likeness (QED) is 0.223. The summed E-state index contributed by atoms with van der Waals surface area (Å²) in [4.78, 5) is 45.7. The third kappa shape index (κ3) is 3.90.